The van der Waals surface area contributed by atoms with E-state index in [-0.39, 0.29) is 24.1 Å². The number of amides is 1. The van der Waals surface area contributed by atoms with E-state index in [4.69, 9.17) is 5.11 Å². The molecule has 1 aromatic rings. The van der Waals surface area contributed by atoms with Crippen LogP contribution in [-0.4, -0.2) is 33.4 Å². The van der Waals surface area contributed by atoms with Gasteiger partial charge in [0.15, 0.2) is 0 Å². The molecule has 2 rings (SSSR count). The highest BCUT2D eigenvalue weighted by Gasteiger charge is 2.32. The molecule has 1 aromatic heterocycles. The number of carbonyl (C=O) groups excluding carboxylic acids is 1. The van der Waals surface area contributed by atoms with Crippen LogP contribution >= 0.6 is 0 Å². The summed E-state index contributed by atoms with van der Waals surface area (Å²) in [6.45, 7) is 7.96. The maximum absolute atomic E-state index is 12.1. The van der Waals surface area contributed by atoms with Crippen molar-refractivity contribution < 1.29 is 9.90 Å². The van der Waals surface area contributed by atoms with Crippen molar-refractivity contribution in [2.24, 2.45) is 0 Å². The Balaban J connectivity index is 2.25. The van der Waals surface area contributed by atoms with Gasteiger partial charge in [0.1, 0.15) is 5.69 Å². The largest absolute Gasteiger partial charge is 0.394 e. The Morgan fingerprint density at radius 2 is 2.21 bits per heavy atom. The Labute approximate surface area is 114 Å². The summed E-state index contributed by atoms with van der Waals surface area (Å²) in [6.07, 6.45) is 2.35. The topological polar surface area (TPSA) is 67.2 Å². The molecule has 0 radical (unpaired) electrons. The van der Waals surface area contributed by atoms with Crippen LogP contribution in [0, 0.1) is 0 Å². The van der Waals surface area contributed by atoms with Crippen molar-refractivity contribution in [1.82, 2.24) is 15.1 Å². The van der Waals surface area contributed by atoms with Crippen molar-refractivity contribution in [3.8, 4) is 0 Å². The van der Waals surface area contributed by atoms with Crippen molar-refractivity contribution >= 4 is 5.91 Å². The van der Waals surface area contributed by atoms with Gasteiger partial charge in [-0.2, -0.15) is 5.10 Å². The molecular weight excluding hydrogens is 242 g/mol. The van der Waals surface area contributed by atoms with Crippen molar-refractivity contribution in [1.29, 1.82) is 0 Å². The maximum atomic E-state index is 12.1. The second-order valence-corrected chi connectivity index (χ2v) is 6.37. The monoisotopic (exact) mass is 265 g/mol. The van der Waals surface area contributed by atoms with E-state index in [1.807, 2.05) is 10.7 Å². The number of nitrogens with one attached hydrogen (secondary N) is 1. The molecule has 0 aromatic carbocycles. The van der Waals surface area contributed by atoms with Crippen LogP contribution < -0.4 is 5.32 Å². The van der Waals surface area contributed by atoms with Crippen LogP contribution in [0.2, 0.25) is 0 Å². The molecule has 1 heterocycles. The lowest BCUT2D eigenvalue weighted by molar-refractivity contribution is 0.0915. The lowest BCUT2D eigenvalue weighted by atomic mass is 10.1. The van der Waals surface area contributed by atoms with Crippen molar-refractivity contribution in [3.05, 3.63) is 17.5 Å². The molecule has 19 heavy (non-hydrogen) atoms. The number of aliphatic hydroxyl groups is 1. The Kier molecular flexibility index (Phi) is 3.67. The number of hydrogen-bond acceptors (Lipinski definition) is 3. The zero-order chi connectivity index (χ0) is 14.2. The zero-order valence-electron chi connectivity index (χ0n) is 12.1. The van der Waals surface area contributed by atoms with Crippen molar-refractivity contribution in [2.75, 3.05) is 6.61 Å². The average Bonchev–Trinajstić information content (AvgIpc) is 3.05. The van der Waals surface area contributed by atoms with E-state index >= 15 is 0 Å². The van der Waals surface area contributed by atoms with Crippen LogP contribution in [-0.2, 0) is 5.54 Å². The second-order valence-electron chi connectivity index (χ2n) is 6.37. The lowest BCUT2D eigenvalue weighted by Gasteiger charge is -2.22. The number of carbonyl (C=O) groups is 1. The zero-order valence-corrected chi connectivity index (χ0v) is 12.1. The van der Waals surface area contributed by atoms with E-state index in [9.17, 15) is 4.79 Å². The first-order chi connectivity index (χ1) is 8.82. The molecule has 1 amide bonds. The summed E-state index contributed by atoms with van der Waals surface area (Å²) >= 11 is 0. The molecule has 0 aliphatic heterocycles. The number of aliphatic hydroxyl groups excluding tert-OH is 1. The third kappa shape index (κ3) is 3.15. The standard InChI is InChI=1S/C14H23N3O2/c1-9(8-18)15-13(19)11-7-12(10-5-6-10)17(16-11)14(2,3)4/h7,9-10,18H,5-6,8H2,1-4H3,(H,15,19). The van der Waals surface area contributed by atoms with Crippen LogP contribution in [0.4, 0.5) is 0 Å². The molecule has 1 fully saturated rings. The highest BCUT2D eigenvalue weighted by molar-refractivity contribution is 5.92. The van der Waals surface area contributed by atoms with Crippen LogP contribution in [0.1, 0.15) is 62.6 Å². The number of aromatic nitrogens is 2. The third-order valence-electron chi connectivity index (χ3n) is 3.25. The van der Waals surface area contributed by atoms with Gasteiger partial charge in [0.25, 0.3) is 5.91 Å². The van der Waals surface area contributed by atoms with E-state index < -0.39 is 0 Å². The fourth-order valence-corrected chi connectivity index (χ4v) is 2.06. The third-order valence-corrected chi connectivity index (χ3v) is 3.25. The summed E-state index contributed by atoms with van der Waals surface area (Å²) < 4.78 is 1.96. The molecule has 0 bridgehead atoms. The van der Waals surface area contributed by atoms with E-state index in [1.165, 1.54) is 12.8 Å². The van der Waals surface area contributed by atoms with Crippen LogP contribution in [0.3, 0.4) is 0 Å². The molecule has 1 aliphatic rings. The average molecular weight is 265 g/mol. The van der Waals surface area contributed by atoms with Crippen LogP contribution in [0.5, 0.6) is 0 Å². The molecule has 5 nitrogen and oxygen atoms in total. The van der Waals surface area contributed by atoms with Crippen molar-refractivity contribution in [2.45, 2.75) is 58.0 Å². The molecule has 1 atom stereocenters. The minimum Gasteiger partial charge on any atom is -0.394 e. The van der Waals surface area contributed by atoms with Gasteiger partial charge < -0.3 is 10.4 Å². The fourth-order valence-electron chi connectivity index (χ4n) is 2.06. The molecule has 1 unspecified atom stereocenters. The SMILES string of the molecule is CC(CO)NC(=O)c1cc(C2CC2)n(C(C)(C)C)n1. The molecule has 0 spiro atoms. The van der Waals surface area contributed by atoms with Gasteiger partial charge in [0.05, 0.1) is 12.1 Å². The van der Waals surface area contributed by atoms with Gasteiger partial charge in [-0.05, 0) is 46.6 Å². The number of rotatable bonds is 4. The summed E-state index contributed by atoms with van der Waals surface area (Å²) in [5.41, 5.74) is 1.46. The van der Waals surface area contributed by atoms with Gasteiger partial charge in [0.2, 0.25) is 0 Å². The summed E-state index contributed by atoms with van der Waals surface area (Å²) in [7, 11) is 0. The van der Waals surface area contributed by atoms with E-state index in [0.29, 0.717) is 11.6 Å². The van der Waals surface area contributed by atoms with Crippen LogP contribution in [0.25, 0.3) is 0 Å². The normalized spacial score (nSPS) is 17.3. The predicted octanol–water partition coefficient (Wildman–Crippen LogP) is 1.63. The summed E-state index contributed by atoms with van der Waals surface area (Å²) in [5, 5.41) is 16.2. The van der Waals surface area contributed by atoms with E-state index in [2.05, 4.69) is 31.2 Å². The van der Waals surface area contributed by atoms with Gasteiger partial charge in [-0.1, -0.05) is 0 Å². The van der Waals surface area contributed by atoms with Crippen molar-refractivity contribution in [3.63, 3.8) is 0 Å². The van der Waals surface area contributed by atoms with Gasteiger partial charge in [-0.15, -0.1) is 0 Å². The number of hydrogen-bond donors (Lipinski definition) is 2. The Hall–Kier alpha value is -1.36. The van der Waals surface area contributed by atoms with Gasteiger partial charge in [-0.25, -0.2) is 0 Å². The maximum Gasteiger partial charge on any atom is 0.272 e. The Morgan fingerprint density at radius 3 is 2.68 bits per heavy atom. The van der Waals surface area contributed by atoms with E-state index in [1.54, 1.807) is 6.92 Å². The Bertz CT molecular complexity index is 470. The Morgan fingerprint density at radius 1 is 1.58 bits per heavy atom. The predicted molar refractivity (Wildman–Crippen MR) is 73.2 cm³/mol. The second kappa shape index (κ2) is 4.96. The number of nitrogens with zero attached hydrogens (tertiary/aromatic N) is 2. The lowest BCUT2D eigenvalue weighted by Crippen LogP contribution is -2.35. The summed E-state index contributed by atoms with van der Waals surface area (Å²) in [6, 6.07) is 1.64. The molecule has 1 aliphatic carbocycles. The van der Waals surface area contributed by atoms with Crippen LogP contribution in [0.15, 0.2) is 6.07 Å². The molecular formula is C14H23N3O2. The van der Waals surface area contributed by atoms with Gasteiger partial charge >= 0.3 is 0 Å². The first-order valence-corrected chi connectivity index (χ1v) is 6.85. The molecule has 5 heteroatoms. The first-order valence-electron chi connectivity index (χ1n) is 6.85. The summed E-state index contributed by atoms with van der Waals surface area (Å²) in [5.74, 6) is 0.329. The quantitative estimate of drug-likeness (QED) is 0.869. The minimum atomic E-state index is -0.253. The molecule has 1 saturated carbocycles. The highest BCUT2D eigenvalue weighted by Crippen LogP contribution is 2.41. The van der Waals surface area contributed by atoms with E-state index in [0.717, 1.165) is 5.69 Å². The molecule has 0 saturated heterocycles. The minimum absolute atomic E-state index is 0.0683. The van der Waals surface area contributed by atoms with Gasteiger partial charge in [-0.3, -0.25) is 9.48 Å². The first kappa shape index (κ1) is 14.1. The summed E-state index contributed by atoms with van der Waals surface area (Å²) in [4.78, 5) is 12.1. The molecule has 106 valence electrons. The van der Waals surface area contributed by atoms with Gasteiger partial charge in [0, 0.05) is 17.7 Å². The molecule has 2 N–H and O–H groups in total. The fraction of sp³-hybridized carbons (Fsp3) is 0.714. The smallest absolute Gasteiger partial charge is 0.272 e. The highest BCUT2D eigenvalue weighted by atomic mass is 16.3.